The smallest absolute Gasteiger partial charge is 0.191 e. The third-order valence-electron chi connectivity index (χ3n) is 3.47. The van der Waals surface area contributed by atoms with Gasteiger partial charge in [0.2, 0.25) is 0 Å². The number of aromatic nitrogens is 3. The largest absolute Gasteiger partial charge is 0.302 e. The molecule has 2 aromatic heterocycles. The highest BCUT2D eigenvalue weighted by molar-refractivity contribution is 7.98. The van der Waals surface area contributed by atoms with Crippen molar-refractivity contribution >= 4 is 34.7 Å². The summed E-state index contributed by atoms with van der Waals surface area (Å²) in [4.78, 5) is 1.29. The zero-order valence-electron chi connectivity index (χ0n) is 13.1. The van der Waals surface area contributed by atoms with Gasteiger partial charge in [0, 0.05) is 33.1 Å². The molecule has 0 aliphatic carbocycles. The molecule has 0 saturated carbocycles. The fourth-order valence-corrected chi connectivity index (χ4v) is 4.28. The third-order valence-corrected chi connectivity index (χ3v) is 5.71. The fourth-order valence-electron chi connectivity index (χ4n) is 2.35. The van der Waals surface area contributed by atoms with Gasteiger partial charge in [0.25, 0.3) is 0 Å². The van der Waals surface area contributed by atoms with Gasteiger partial charge < -0.3 is 4.57 Å². The number of benzene rings is 1. The van der Waals surface area contributed by atoms with Crippen LogP contribution in [0.15, 0.2) is 40.9 Å². The quantitative estimate of drug-likeness (QED) is 0.528. The molecule has 0 radical (unpaired) electrons. The zero-order valence-corrected chi connectivity index (χ0v) is 15.5. The monoisotopic (exact) mass is 363 g/mol. The van der Waals surface area contributed by atoms with Crippen LogP contribution in [0.25, 0.3) is 11.4 Å². The van der Waals surface area contributed by atoms with Crippen molar-refractivity contribution in [1.29, 1.82) is 0 Å². The Balaban J connectivity index is 1.85. The van der Waals surface area contributed by atoms with E-state index in [0.717, 1.165) is 45.8 Å². The van der Waals surface area contributed by atoms with Gasteiger partial charge in [0.05, 0.1) is 0 Å². The van der Waals surface area contributed by atoms with Crippen molar-refractivity contribution in [3.8, 4) is 11.4 Å². The van der Waals surface area contributed by atoms with Gasteiger partial charge in [-0.25, -0.2) is 0 Å². The predicted molar refractivity (Wildman–Crippen MR) is 99.4 cm³/mol. The standard InChI is InChI=1S/C17H18ClN3S2/c1-3-8-21-16(14-9-12(2)22-11-14)19-20-17(21)23-10-13-6-4-5-7-15(13)18/h4-7,9,11H,3,8,10H2,1-2H3. The summed E-state index contributed by atoms with van der Waals surface area (Å²) in [6.45, 7) is 5.20. The molecule has 0 saturated heterocycles. The fraction of sp³-hybridized carbons (Fsp3) is 0.294. The minimum atomic E-state index is 0.796. The van der Waals surface area contributed by atoms with E-state index in [0.29, 0.717) is 0 Å². The number of rotatable bonds is 6. The molecule has 3 aromatic rings. The maximum Gasteiger partial charge on any atom is 0.191 e. The number of hydrogen-bond donors (Lipinski definition) is 0. The molecule has 3 rings (SSSR count). The molecule has 120 valence electrons. The Morgan fingerprint density at radius 3 is 2.78 bits per heavy atom. The Hall–Kier alpha value is -1.30. The molecule has 0 aliphatic heterocycles. The topological polar surface area (TPSA) is 30.7 Å². The van der Waals surface area contributed by atoms with E-state index in [2.05, 4.69) is 46.1 Å². The Bertz CT molecular complexity index is 795. The molecular formula is C17H18ClN3S2. The average molecular weight is 364 g/mol. The van der Waals surface area contributed by atoms with Crippen LogP contribution in [-0.4, -0.2) is 14.8 Å². The van der Waals surface area contributed by atoms with Crippen LogP contribution in [0.4, 0.5) is 0 Å². The van der Waals surface area contributed by atoms with Crippen molar-refractivity contribution in [1.82, 2.24) is 14.8 Å². The first kappa shape index (κ1) is 16.6. The highest BCUT2D eigenvalue weighted by atomic mass is 35.5. The van der Waals surface area contributed by atoms with Gasteiger partial charge in [0.1, 0.15) is 0 Å². The van der Waals surface area contributed by atoms with Crippen LogP contribution in [0.5, 0.6) is 0 Å². The van der Waals surface area contributed by atoms with Crippen LogP contribution in [0.3, 0.4) is 0 Å². The summed E-state index contributed by atoms with van der Waals surface area (Å²) in [5.74, 6) is 1.75. The second-order valence-corrected chi connectivity index (χ2v) is 7.75. The highest BCUT2D eigenvalue weighted by Crippen LogP contribution is 2.30. The molecule has 0 fully saturated rings. The third kappa shape index (κ3) is 3.79. The maximum atomic E-state index is 6.24. The second-order valence-electron chi connectivity index (χ2n) is 5.28. The molecule has 0 amide bonds. The molecule has 1 aromatic carbocycles. The number of aryl methyl sites for hydroxylation is 1. The van der Waals surface area contributed by atoms with Gasteiger partial charge in [-0.05, 0) is 31.0 Å². The summed E-state index contributed by atoms with van der Waals surface area (Å²) in [6.07, 6.45) is 1.05. The van der Waals surface area contributed by atoms with Crippen LogP contribution in [-0.2, 0) is 12.3 Å². The van der Waals surface area contributed by atoms with Gasteiger partial charge in [0.15, 0.2) is 11.0 Å². The lowest BCUT2D eigenvalue weighted by atomic mass is 10.2. The normalized spacial score (nSPS) is 11.1. The van der Waals surface area contributed by atoms with Gasteiger partial charge in [-0.1, -0.05) is 48.5 Å². The van der Waals surface area contributed by atoms with E-state index in [1.807, 2.05) is 18.2 Å². The van der Waals surface area contributed by atoms with E-state index >= 15 is 0 Å². The van der Waals surface area contributed by atoms with Gasteiger partial charge in [-0.3, -0.25) is 0 Å². The van der Waals surface area contributed by atoms with Crippen molar-refractivity contribution < 1.29 is 0 Å². The lowest BCUT2D eigenvalue weighted by Crippen LogP contribution is -2.01. The van der Waals surface area contributed by atoms with Gasteiger partial charge in [-0.15, -0.1) is 21.5 Å². The van der Waals surface area contributed by atoms with E-state index in [-0.39, 0.29) is 0 Å². The van der Waals surface area contributed by atoms with Crippen molar-refractivity contribution in [2.75, 3.05) is 0 Å². The van der Waals surface area contributed by atoms with E-state index in [9.17, 15) is 0 Å². The summed E-state index contributed by atoms with van der Waals surface area (Å²) in [5, 5.41) is 12.7. The first-order valence-electron chi connectivity index (χ1n) is 7.54. The lowest BCUT2D eigenvalue weighted by molar-refractivity contribution is 0.626. The molecule has 0 aliphatic rings. The van der Waals surface area contributed by atoms with Gasteiger partial charge >= 0.3 is 0 Å². The molecule has 0 N–H and O–H groups in total. The Morgan fingerprint density at radius 2 is 2.09 bits per heavy atom. The Morgan fingerprint density at radius 1 is 1.26 bits per heavy atom. The highest BCUT2D eigenvalue weighted by Gasteiger charge is 2.15. The molecule has 0 unspecified atom stereocenters. The summed E-state index contributed by atoms with van der Waals surface area (Å²) in [7, 11) is 0. The van der Waals surface area contributed by atoms with Crippen molar-refractivity contribution in [3.63, 3.8) is 0 Å². The van der Waals surface area contributed by atoms with Crippen LogP contribution in [0, 0.1) is 6.92 Å². The summed E-state index contributed by atoms with van der Waals surface area (Å²) >= 11 is 9.67. The molecule has 2 heterocycles. The summed E-state index contributed by atoms with van der Waals surface area (Å²) in [6, 6.07) is 10.1. The summed E-state index contributed by atoms with van der Waals surface area (Å²) < 4.78 is 2.21. The maximum absolute atomic E-state index is 6.24. The average Bonchev–Trinajstić information content (AvgIpc) is 3.13. The molecule has 23 heavy (non-hydrogen) atoms. The molecule has 0 spiro atoms. The van der Waals surface area contributed by atoms with Crippen LogP contribution in [0.2, 0.25) is 5.02 Å². The summed E-state index contributed by atoms with van der Waals surface area (Å²) in [5.41, 5.74) is 2.27. The van der Waals surface area contributed by atoms with Crippen LogP contribution in [0.1, 0.15) is 23.8 Å². The zero-order chi connectivity index (χ0) is 16.2. The predicted octanol–water partition coefficient (Wildman–Crippen LogP) is 5.67. The Labute approximate surface area is 149 Å². The van der Waals surface area contributed by atoms with Crippen molar-refractivity contribution in [3.05, 3.63) is 51.2 Å². The number of thioether (sulfide) groups is 1. The molecule has 0 atom stereocenters. The number of nitrogens with zero attached hydrogens (tertiary/aromatic N) is 3. The first-order valence-corrected chi connectivity index (χ1v) is 9.78. The second kappa shape index (κ2) is 7.51. The van der Waals surface area contributed by atoms with Gasteiger partial charge in [-0.2, -0.15) is 0 Å². The van der Waals surface area contributed by atoms with Crippen molar-refractivity contribution in [2.45, 2.75) is 37.7 Å². The van der Waals surface area contributed by atoms with E-state index < -0.39 is 0 Å². The van der Waals surface area contributed by atoms with E-state index in [4.69, 9.17) is 11.6 Å². The number of hydrogen-bond acceptors (Lipinski definition) is 4. The van der Waals surface area contributed by atoms with Crippen molar-refractivity contribution in [2.24, 2.45) is 0 Å². The molecule has 0 bridgehead atoms. The minimum Gasteiger partial charge on any atom is -0.302 e. The molecule has 3 nitrogen and oxygen atoms in total. The number of thiophene rings is 1. The lowest BCUT2D eigenvalue weighted by Gasteiger charge is -2.08. The van der Waals surface area contributed by atoms with E-state index in [1.165, 1.54) is 4.88 Å². The SMILES string of the molecule is CCCn1c(SCc2ccccc2Cl)nnc1-c1csc(C)c1. The van der Waals surface area contributed by atoms with E-state index in [1.54, 1.807) is 23.1 Å². The Kier molecular flexibility index (Phi) is 5.41. The van der Waals surface area contributed by atoms with Crippen LogP contribution < -0.4 is 0 Å². The van der Waals surface area contributed by atoms with Crippen LogP contribution >= 0.6 is 34.7 Å². The molecule has 6 heteroatoms. The number of halogens is 1. The minimum absolute atomic E-state index is 0.796. The first-order chi connectivity index (χ1) is 11.2. The molecular weight excluding hydrogens is 346 g/mol.